The molecule has 0 saturated heterocycles. The average molecular weight is 299 g/mol. The second-order valence-electron chi connectivity index (χ2n) is 3.13. The van der Waals surface area contributed by atoms with Crippen LogP contribution < -0.4 is 5.73 Å². The van der Waals surface area contributed by atoms with Crippen molar-refractivity contribution in [2.24, 2.45) is 5.73 Å². The molecule has 0 amide bonds. The Balaban J connectivity index is 0.00000196. The summed E-state index contributed by atoms with van der Waals surface area (Å²) < 4.78 is 13.9. The quantitative estimate of drug-likeness (QED) is 0.880. The number of carboxylic acids is 1. The van der Waals surface area contributed by atoms with Crippen LogP contribution in [0.5, 0.6) is 0 Å². The van der Waals surface area contributed by atoms with Gasteiger partial charge in [-0.05, 0) is 25.1 Å². The Bertz CT molecular complexity index is 384. The molecule has 15 heavy (non-hydrogen) atoms. The highest BCUT2D eigenvalue weighted by atomic mass is 79.9. The van der Waals surface area contributed by atoms with Crippen LogP contribution in [0.2, 0.25) is 0 Å². The summed E-state index contributed by atoms with van der Waals surface area (Å²) in [5, 5.41) is 8.80. The predicted octanol–water partition coefficient (Wildman–Crippen LogP) is 2.27. The number of carboxylic acid groups (broad SMARTS) is 1. The maximum absolute atomic E-state index is 13.3. The molecule has 1 unspecified atom stereocenters. The minimum Gasteiger partial charge on any atom is -0.480 e. The number of nitrogens with two attached hydrogens (primary N) is 1. The molecule has 3 N–H and O–H groups in total. The van der Waals surface area contributed by atoms with E-state index in [0.717, 1.165) is 0 Å². The normalized spacial score (nSPS) is 13.9. The molecule has 0 aliphatic heterocycles. The van der Waals surface area contributed by atoms with Gasteiger partial charge in [-0.25, -0.2) is 9.18 Å². The van der Waals surface area contributed by atoms with Gasteiger partial charge in [-0.1, -0.05) is 15.9 Å². The zero-order chi connectivity index (χ0) is 10.9. The highest BCUT2D eigenvalue weighted by molar-refractivity contribution is 9.10. The molecule has 1 aromatic rings. The minimum absolute atomic E-state index is 0. The molecule has 1 aromatic carbocycles. The highest BCUT2D eigenvalue weighted by Crippen LogP contribution is 2.24. The van der Waals surface area contributed by atoms with Gasteiger partial charge in [0.1, 0.15) is 11.4 Å². The first-order valence-corrected chi connectivity index (χ1v) is 4.63. The second-order valence-corrected chi connectivity index (χ2v) is 4.05. The molecular weight excluding hydrogens is 288 g/mol. The number of halogens is 3. The molecule has 6 heteroatoms. The van der Waals surface area contributed by atoms with Crippen LogP contribution in [0.15, 0.2) is 22.7 Å². The van der Waals surface area contributed by atoms with Crippen molar-refractivity contribution in [2.45, 2.75) is 12.5 Å². The van der Waals surface area contributed by atoms with Crippen LogP contribution in [-0.2, 0) is 10.3 Å². The van der Waals surface area contributed by atoms with E-state index in [2.05, 4.69) is 15.9 Å². The lowest BCUT2D eigenvalue weighted by molar-refractivity contribution is -0.143. The molecule has 0 aliphatic rings. The lowest BCUT2D eigenvalue weighted by Crippen LogP contribution is -2.42. The number of hydrogen-bond acceptors (Lipinski definition) is 2. The van der Waals surface area contributed by atoms with Crippen molar-refractivity contribution < 1.29 is 14.3 Å². The molecule has 0 aliphatic carbocycles. The number of aliphatic carboxylic acids is 1. The van der Waals surface area contributed by atoms with Gasteiger partial charge >= 0.3 is 5.97 Å². The molecule has 84 valence electrons. The van der Waals surface area contributed by atoms with Crippen LogP contribution in [0.3, 0.4) is 0 Å². The Morgan fingerprint density at radius 2 is 2.13 bits per heavy atom. The Hall–Kier alpha value is -0.650. The van der Waals surface area contributed by atoms with Crippen molar-refractivity contribution in [3.05, 3.63) is 34.1 Å². The van der Waals surface area contributed by atoms with Crippen molar-refractivity contribution in [3.8, 4) is 0 Å². The summed E-state index contributed by atoms with van der Waals surface area (Å²) in [5.41, 5.74) is 3.73. The first-order chi connectivity index (χ1) is 6.35. The second kappa shape index (κ2) is 4.92. The summed E-state index contributed by atoms with van der Waals surface area (Å²) in [5.74, 6) is -1.89. The summed E-state index contributed by atoms with van der Waals surface area (Å²) >= 11 is 3.12. The molecule has 0 aromatic heterocycles. The fraction of sp³-hybridized carbons (Fsp3) is 0.222. The smallest absolute Gasteiger partial charge is 0.328 e. The molecule has 1 atom stereocenters. The molecule has 3 nitrogen and oxygen atoms in total. The Morgan fingerprint density at radius 3 is 2.60 bits per heavy atom. The summed E-state index contributed by atoms with van der Waals surface area (Å²) in [7, 11) is 0. The van der Waals surface area contributed by atoms with Crippen LogP contribution >= 0.6 is 28.3 Å². The number of hydrogen-bond donors (Lipinski definition) is 2. The summed E-state index contributed by atoms with van der Waals surface area (Å²) in [6, 6.07) is 4.02. The molecule has 0 fully saturated rings. The number of carbonyl (C=O) groups is 1. The van der Waals surface area contributed by atoms with Gasteiger partial charge in [-0.2, -0.15) is 0 Å². The maximum atomic E-state index is 13.3. The Kier molecular flexibility index (Phi) is 4.70. The standard InChI is InChI=1S/C9H9BrFNO2.ClH/c1-9(12,8(13)14)6-4-5(10)2-3-7(6)11;/h2-4H,12H2,1H3,(H,13,14);1H. The van der Waals surface area contributed by atoms with Crippen molar-refractivity contribution in [2.75, 3.05) is 0 Å². The van der Waals surface area contributed by atoms with Gasteiger partial charge < -0.3 is 10.8 Å². The third kappa shape index (κ3) is 2.90. The van der Waals surface area contributed by atoms with Crippen molar-refractivity contribution in [1.29, 1.82) is 0 Å². The Labute approximate surface area is 101 Å². The molecular formula is C9H10BrClFNO2. The maximum Gasteiger partial charge on any atom is 0.328 e. The summed E-state index contributed by atoms with van der Waals surface area (Å²) in [4.78, 5) is 10.8. The fourth-order valence-corrected chi connectivity index (χ4v) is 1.37. The largest absolute Gasteiger partial charge is 0.480 e. The van der Waals surface area contributed by atoms with Crippen LogP contribution in [0.4, 0.5) is 4.39 Å². The number of benzene rings is 1. The van der Waals surface area contributed by atoms with Gasteiger partial charge in [-0.15, -0.1) is 12.4 Å². The molecule has 0 radical (unpaired) electrons. The van der Waals surface area contributed by atoms with Crippen molar-refractivity contribution >= 4 is 34.3 Å². The van der Waals surface area contributed by atoms with Gasteiger partial charge in [-0.3, -0.25) is 0 Å². The molecule has 0 heterocycles. The zero-order valence-electron chi connectivity index (χ0n) is 7.83. The van der Waals surface area contributed by atoms with Crippen molar-refractivity contribution in [1.82, 2.24) is 0 Å². The van der Waals surface area contributed by atoms with Crippen LogP contribution in [0.1, 0.15) is 12.5 Å². The minimum atomic E-state index is -1.71. The number of rotatable bonds is 2. The van der Waals surface area contributed by atoms with E-state index < -0.39 is 17.3 Å². The van der Waals surface area contributed by atoms with E-state index in [4.69, 9.17) is 10.8 Å². The zero-order valence-corrected chi connectivity index (χ0v) is 10.2. The third-order valence-corrected chi connectivity index (χ3v) is 2.43. The van der Waals surface area contributed by atoms with Crippen molar-refractivity contribution in [3.63, 3.8) is 0 Å². The van der Waals surface area contributed by atoms with E-state index in [9.17, 15) is 9.18 Å². The van der Waals surface area contributed by atoms with E-state index >= 15 is 0 Å². The first-order valence-electron chi connectivity index (χ1n) is 3.83. The van der Waals surface area contributed by atoms with Crippen LogP contribution in [-0.4, -0.2) is 11.1 Å². The van der Waals surface area contributed by atoms with E-state index in [0.29, 0.717) is 4.47 Å². The Morgan fingerprint density at radius 1 is 1.60 bits per heavy atom. The summed E-state index contributed by atoms with van der Waals surface area (Å²) in [6.07, 6.45) is 0. The average Bonchev–Trinajstić information content (AvgIpc) is 2.08. The molecule has 0 saturated carbocycles. The lowest BCUT2D eigenvalue weighted by atomic mass is 9.93. The third-order valence-electron chi connectivity index (χ3n) is 1.93. The van der Waals surface area contributed by atoms with Gasteiger partial charge in [0.2, 0.25) is 0 Å². The van der Waals surface area contributed by atoms with Gasteiger partial charge in [0, 0.05) is 10.0 Å². The van der Waals surface area contributed by atoms with E-state index in [1.807, 2.05) is 0 Å². The van der Waals surface area contributed by atoms with Crippen LogP contribution in [0, 0.1) is 5.82 Å². The monoisotopic (exact) mass is 297 g/mol. The van der Waals surface area contributed by atoms with Gasteiger partial charge in [0.05, 0.1) is 0 Å². The molecule has 0 spiro atoms. The SMILES string of the molecule is CC(N)(C(=O)O)c1cc(Br)ccc1F.Cl. The van der Waals surface area contributed by atoms with Crippen LogP contribution in [0.25, 0.3) is 0 Å². The summed E-state index contributed by atoms with van der Waals surface area (Å²) in [6.45, 7) is 1.25. The topological polar surface area (TPSA) is 63.3 Å². The fourth-order valence-electron chi connectivity index (χ4n) is 1.01. The molecule has 0 bridgehead atoms. The highest BCUT2D eigenvalue weighted by Gasteiger charge is 2.33. The van der Waals surface area contributed by atoms with Gasteiger partial charge in [0.15, 0.2) is 0 Å². The van der Waals surface area contributed by atoms with E-state index in [-0.39, 0.29) is 18.0 Å². The van der Waals surface area contributed by atoms with E-state index in [1.165, 1.54) is 25.1 Å². The first kappa shape index (κ1) is 14.3. The predicted molar refractivity (Wildman–Crippen MR) is 60.5 cm³/mol. The molecule has 1 rings (SSSR count). The lowest BCUT2D eigenvalue weighted by Gasteiger charge is -2.20. The van der Waals surface area contributed by atoms with Gasteiger partial charge in [0.25, 0.3) is 0 Å². The van der Waals surface area contributed by atoms with E-state index in [1.54, 1.807) is 0 Å².